The molecule has 0 saturated heterocycles. The zero-order valence-corrected chi connectivity index (χ0v) is 10.5. The fourth-order valence-electron chi connectivity index (χ4n) is 3.17. The van der Waals surface area contributed by atoms with Crippen molar-refractivity contribution in [2.75, 3.05) is 14.1 Å². The summed E-state index contributed by atoms with van der Waals surface area (Å²) in [6.07, 6.45) is 9.27. The SMILES string of the molecule is C/N=C/C1CCCC[C@@H]1N(C)[C@H]1C[C@@H](O)C1. The van der Waals surface area contributed by atoms with E-state index in [9.17, 15) is 5.11 Å². The quantitative estimate of drug-likeness (QED) is 0.741. The van der Waals surface area contributed by atoms with E-state index < -0.39 is 0 Å². The van der Waals surface area contributed by atoms with Gasteiger partial charge in [-0.3, -0.25) is 4.90 Å². The minimum absolute atomic E-state index is 0.0469. The van der Waals surface area contributed by atoms with Crippen molar-refractivity contribution < 1.29 is 5.11 Å². The van der Waals surface area contributed by atoms with Crippen molar-refractivity contribution in [2.45, 2.75) is 56.7 Å². The van der Waals surface area contributed by atoms with Crippen molar-refractivity contribution in [3.63, 3.8) is 0 Å². The second-order valence-corrected chi connectivity index (χ2v) is 5.37. The Morgan fingerprint density at radius 2 is 1.94 bits per heavy atom. The molecule has 16 heavy (non-hydrogen) atoms. The minimum Gasteiger partial charge on any atom is -0.393 e. The first-order chi connectivity index (χ1) is 7.72. The molecule has 0 heterocycles. The molecule has 2 fully saturated rings. The van der Waals surface area contributed by atoms with E-state index >= 15 is 0 Å². The second-order valence-electron chi connectivity index (χ2n) is 5.37. The van der Waals surface area contributed by atoms with Crippen LogP contribution in [0.4, 0.5) is 0 Å². The van der Waals surface area contributed by atoms with E-state index in [0.29, 0.717) is 18.0 Å². The molecular formula is C13H24N2O. The number of hydrogen-bond donors (Lipinski definition) is 1. The highest BCUT2D eigenvalue weighted by Crippen LogP contribution is 2.33. The normalized spacial score (nSPS) is 40.2. The monoisotopic (exact) mass is 224 g/mol. The van der Waals surface area contributed by atoms with Gasteiger partial charge in [-0.25, -0.2) is 0 Å². The van der Waals surface area contributed by atoms with Gasteiger partial charge in [0.15, 0.2) is 0 Å². The van der Waals surface area contributed by atoms with Gasteiger partial charge in [0.1, 0.15) is 0 Å². The summed E-state index contributed by atoms with van der Waals surface area (Å²) in [5.74, 6) is 0.626. The van der Waals surface area contributed by atoms with E-state index in [-0.39, 0.29) is 6.10 Å². The largest absolute Gasteiger partial charge is 0.393 e. The van der Waals surface area contributed by atoms with Crippen LogP contribution in [0.25, 0.3) is 0 Å². The summed E-state index contributed by atoms with van der Waals surface area (Å²) >= 11 is 0. The molecule has 2 aliphatic rings. The summed E-state index contributed by atoms with van der Waals surface area (Å²) in [5, 5.41) is 9.38. The Bertz CT molecular complexity index is 248. The fourth-order valence-corrected chi connectivity index (χ4v) is 3.17. The Balaban J connectivity index is 1.94. The molecule has 3 nitrogen and oxygen atoms in total. The first-order valence-electron chi connectivity index (χ1n) is 6.54. The molecule has 2 aliphatic carbocycles. The van der Waals surface area contributed by atoms with Gasteiger partial charge >= 0.3 is 0 Å². The number of nitrogens with zero attached hydrogens (tertiary/aromatic N) is 2. The van der Waals surface area contributed by atoms with Gasteiger partial charge in [-0.1, -0.05) is 12.8 Å². The third kappa shape index (κ3) is 2.46. The Morgan fingerprint density at radius 3 is 2.56 bits per heavy atom. The van der Waals surface area contributed by atoms with E-state index in [0.717, 1.165) is 12.8 Å². The van der Waals surface area contributed by atoms with Crippen molar-refractivity contribution in [1.82, 2.24) is 4.90 Å². The number of aliphatic hydroxyl groups is 1. The highest BCUT2D eigenvalue weighted by Gasteiger charge is 2.36. The maximum atomic E-state index is 9.38. The third-order valence-corrected chi connectivity index (χ3v) is 4.31. The number of rotatable bonds is 3. The zero-order chi connectivity index (χ0) is 11.5. The van der Waals surface area contributed by atoms with Crippen LogP contribution in [0, 0.1) is 5.92 Å². The maximum absolute atomic E-state index is 9.38. The van der Waals surface area contributed by atoms with Crippen LogP contribution in [0.2, 0.25) is 0 Å². The molecule has 0 bridgehead atoms. The van der Waals surface area contributed by atoms with Crippen LogP contribution in [0.15, 0.2) is 4.99 Å². The molecule has 0 aromatic rings. The van der Waals surface area contributed by atoms with Crippen molar-refractivity contribution in [3.05, 3.63) is 0 Å². The number of aliphatic imine (C=N–C) groups is 1. The molecule has 0 aromatic carbocycles. The minimum atomic E-state index is -0.0469. The Morgan fingerprint density at radius 1 is 1.25 bits per heavy atom. The smallest absolute Gasteiger partial charge is 0.0570 e. The molecule has 0 spiro atoms. The van der Waals surface area contributed by atoms with Crippen LogP contribution >= 0.6 is 0 Å². The van der Waals surface area contributed by atoms with Gasteiger partial charge in [0.25, 0.3) is 0 Å². The molecule has 0 radical (unpaired) electrons. The van der Waals surface area contributed by atoms with Crippen LogP contribution in [-0.4, -0.2) is 48.5 Å². The van der Waals surface area contributed by atoms with Gasteiger partial charge in [0.2, 0.25) is 0 Å². The predicted molar refractivity (Wildman–Crippen MR) is 67.0 cm³/mol. The van der Waals surface area contributed by atoms with E-state index in [1.54, 1.807) is 0 Å². The summed E-state index contributed by atoms with van der Waals surface area (Å²) in [5.41, 5.74) is 0. The first-order valence-corrected chi connectivity index (χ1v) is 6.54. The molecule has 92 valence electrons. The topological polar surface area (TPSA) is 35.8 Å². The lowest BCUT2D eigenvalue weighted by Crippen LogP contribution is -2.52. The fraction of sp³-hybridized carbons (Fsp3) is 0.923. The van der Waals surface area contributed by atoms with Crippen molar-refractivity contribution in [2.24, 2.45) is 10.9 Å². The molecule has 0 amide bonds. The Labute approximate surface area is 98.6 Å². The molecule has 2 rings (SSSR count). The van der Waals surface area contributed by atoms with Crippen molar-refractivity contribution >= 4 is 6.21 Å². The predicted octanol–water partition coefficient (Wildman–Crippen LogP) is 1.70. The van der Waals surface area contributed by atoms with Gasteiger partial charge in [-0.15, -0.1) is 0 Å². The molecular weight excluding hydrogens is 200 g/mol. The van der Waals surface area contributed by atoms with E-state index in [4.69, 9.17) is 0 Å². The third-order valence-electron chi connectivity index (χ3n) is 4.31. The number of hydrogen-bond acceptors (Lipinski definition) is 3. The Hall–Kier alpha value is -0.410. The highest BCUT2D eigenvalue weighted by atomic mass is 16.3. The summed E-state index contributed by atoms with van der Waals surface area (Å²) < 4.78 is 0. The lowest BCUT2D eigenvalue weighted by atomic mass is 9.80. The summed E-state index contributed by atoms with van der Waals surface area (Å²) in [7, 11) is 4.10. The van der Waals surface area contributed by atoms with Crippen LogP contribution in [0.1, 0.15) is 38.5 Å². The average molecular weight is 224 g/mol. The van der Waals surface area contributed by atoms with Crippen molar-refractivity contribution in [3.8, 4) is 0 Å². The van der Waals surface area contributed by atoms with Gasteiger partial charge in [0, 0.05) is 31.3 Å². The van der Waals surface area contributed by atoms with E-state index in [1.807, 2.05) is 7.05 Å². The molecule has 2 atom stereocenters. The Kier molecular flexibility index (Phi) is 3.98. The van der Waals surface area contributed by atoms with Crippen molar-refractivity contribution in [1.29, 1.82) is 0 Å². The van der Waals surface area contributed by atoms with Crippen LogP contribution in [0.5, 0.6) is 0 Å². The highest BCUT2D eigenvalue weighted by molar-refractivity contribution is 5.61. The molecule has 0 aromatic heterocycles. The van der Waals surface area contributed by atoms with E-state index in [2.05, 4.69) is 23.2 Å². The molecule has 0 aliphatic heterocycles. The maximum Gasteiger partial charge on any atom is 0.0570 e. The molecule has 1 N–H and O–H groups in total. The van der Waals surface area contributed by atoms with Crippen LogP contribution in [-0.2, 0) is 0 Å². The lowest BCUT2D eigenvalue weighted by molar-refractivity contribution is -0.0160. The van der Waals surface area contributed by atoms with Gasteiger partial charge in [-0.2, -0.15) is 0 Å². The summed E-state index contributed by atoms with van der Waals surface area (Å²) in [6.45, 7) is 0. The van der Waals surface area contributed by atoms with Gasteiger partial charge in [-0.05, 0) is 32.7 Å². The van der Waals surface area contributed by atoms with Gasteiger partial charge in [0.05, 0.1) is 6.10 Å². The van der Waals surface area contributed by atoms with Crippen LogP contribution < -0.4 is 0 Å². The lowest BCUT2D eigenvalue weighted by Gasteiger charge is -2.46. The zero-order valence-electron chi connectivity index (χ0n) is 10.5. The number of aliphatic hydroxyl groups excluding tert-OH is 1. The average Bonchev–Trinajstić information content (AvgIpc) is 2.25. The second kappa shape index (κ2) is 5.28. The van der Waals surface area contributed by atoms with Gasteiger partial charge < -0.3 is 10.1 Å². The summed E-state index contributed by atoms with van der Waals surface area (Å²) in [4.78, 5) is 6.71. The van der Waals surface area contributed by atoms with E-state index in [1.165, 1.54) is 25.7 Å². The summed E-state index contributed by atoms with van der Waals surface area (Å²) in [6, 6.07) is 1.25. The molecule has 3 heteroatoms. The standard InChI is InChI=1S/C13H24N2O/c1-14-9-10-5-3-4-6-13(10)15(2)11-7-12(16)8-11/h9-13,16H,3-8H2,1-2H3/b14-9+/t10?,11-,12+,13-/m0/s1. The van der Waals surface area contributed by atoms with Crippen LogP contribution in [0.3, 0.4) is 0 Å². The molecule has 2 saturated carbocycles. The first kappa shape index (κ1) is 12.1. The molecule has 1 unspecified atom stereocenters.